The number of nitro benzene ring substituents is 1. The number of non-ortho nitro benzene ring substituents is 1. The molecule has 0 bridgehead atoms. The van der Waals surface area contributed by atoms with Crippen LogP contribution in [0.4, 0.5) is 5.69 Å². The van der Waals surface area contributed by atoms with Gasteiger partial charge in [-0.25, -0.2) is 0 Å². The Morgan fingerprint density at radius 2 is 1.57 bits per heavy atom. The monoisotopic (exact) mass is 345 g/mol. The maximum absolute atomic E-state index is 12.4. The predicted octanol–water partition coefficient (Wildman–Crippen LogP) is 3.52. The number of fused-ring (bicyclic) bond motifs is 1. The van der Waals surface area contributed by atoms with E-state index in [4.69, 9.17) is 0 Å². The largest absolute Gasteiger partial charge is 0.293 e. The third-order valence-electron chi connectivity index (χ3n) is 3.49. The molecule has 0 saturated carbocycles. The number of rotatable bonds is 2. The second-order valence-electron chi connectivity index (χ2n) is 4.67. The van der Waals surface area contributed by atoms with Gasteiger partial charge >= 0.3 is 0 Å². The molecular weight excluding hydrogens is 338 g/mol. The summed E-state index contributed by atoms with van der Waals surface area (Å²) in [5.41, 5.74) is 1.16. The average molecular weight is 346 g/mol. The van der Waals surface area contributed by atoms with Crippen LogP contribution >= 0.6 is 15.9 Å². The summed E-state index contributed by atoms with van der Waals surface area (Å²) < 4.78 is 0.385. The summed E-state index contributed by atoms with van der Waals surface area (Å²) in [5.74, 6) is -1.48. The highest BCUT2D eigenvalue weighted by Crippen LogP contribution is 2.38. The van der Waals surface area contributed by atoms with E-state index in [1.807, 2.05) is 0 Å². The molecule has 0 N–H and O–H groups in total. The highest BCUT2D eigenvalue weighted by Gasteiger charge is 2.40. The summed E-state index contributed by atoms with van der Waals surface area (Å²) >= 11 is 3.22. The van der Waals surface area contributed by atoms with Gasteiger partial charge in [-0.05, 0) is 11.6 Å². The van der Waals surface area contributed by atoms with Crippen molar-refractivity contribution in [1.82, 2.24) is 0 Å². The Labute approximate surface area is 127 Å². The number of carbonyl (C=O) groups is 2. The topological polar surface area (TPSA) is 77.3 Å². The maximum atomic E-state index is 12.4. The third kappa shape index (κ3) is 2.08. The number of Topliss-reactive ketones (excluding diaryl/α,β-unsaturated/α-hetero) is 2. The minimum atomic E-state index is -0.933. The van der Waals surface area contributed by atoms with E-state index in [1.54, 1.807) is 24.3 Å². The number of ketones is 2. The molecule has 0 saturated heterocycles. The first kappa shape index (κ1) is 13.6. The molecular formula is C15H8BrNO4. The molecule has 0 atom stereocenters. The maximum Gasteiger partial charge on any atom is 0.270 e. The average Bonchev–Trinajstić information content (AvgIpc) is 2.72. The molecule has 104 valence electrons. The van der Waals surface area contributed by atoms with Gasteiger partial charge in [0, 0.05) is 27.7 Å². The van der Waals surface area contributed by atoms with E-state index >= 15 is 0 Å². The number of benzene rings is 2. The van der Waals surface area contributed by atoms with Gasteiger partial charge in [0.15, 0.2) is 11.6 Å². The third-order valence-corrected chi connectivity index (χ3v) is 4.17. The lowest BCUT2D eigenvalue weighted by atomic mass is 9.94. The van der Waals surface area contributed by atoms with Crippen LogP contribution in [-0.4, -0.2) is 16.5 Å². The molecule has 0 heterocycles. The van der Waals surface area contributed by atoms with Gasteiger partial charge < -0.3 is 0 Å². The molecule has 6 heteroatoms. The molecule has 3 rings (SSSR count). The molecule has 0 spiro atoms. The van der Waals surface area contributed by atoms with E-state index in [1.165, 1.54) is 18.2 Å². The minimum absolute atomic E-state index is 0.0963. The van der Waals surface area contributed by atoms with Crippen molar-refractivity contribution in [2.75, 3.05) is 0 Å². The number of nitrogens with zero attached hydrogens (tertiary/aromatic N) is 1. The lowest BCUT2D eigenvalue weighted by molar-refractivity contribution is -0.384. The Kier molecular flexibility index (Phi) is 3.17. The zero-order valence-electron chi connectivity index (χ0n) is 10.6. The van der Waals surface area contributed by atoms with Crippen LogP contribution in [0.2, 0.25) is 0 Å². The van der Waals surface area contributed by atoms with Crippen molar-refractivity contribution in [3.8, 4) is 0 Å². The van der Waals surface area contributed by atoms with E-state index in [2.05, 4.69) is 15.9 Å². The molecule has 0 aliphatic heterocycles. The summed E-state index contributed by atoms with van der Waals surface area (Å²) in [6, 6.07) is 10.7. The van der Waals surface area contributed by atoms with Gasteiger partial charge in [0.05, 0.1) is 4.92 Å². The van der Waals surface area contributed by atoms with Crippen LogP contribution in [0.1, 0.15) is 32.2 Å². The summed E-state index contributed by atoms with van der Waals surface area (Å²) in [6.07, 6.45) is 0. The van der Waals surface area contributed by atoms with Crippen LogP contribution in [0, 0.1) is 10.1 Å². The molecule has 0 unspecified atom stereocenters. The normalized spacial score (nSPS) is 14.3. The lowest BCUT2D eigenvalue weighted by Gasteiger charge is -2.09. The van der Waals surface area contributed by atoms with Gasteiger partial charge in [-0.1, -0.05) is 40.2 Å². The van der Waals surface area contributed by atoms with Gasteiger partial charge in [0.2, 0.25) is 0 Å². The first-order valence-corrected chi connectivity index (χ1v) is 6.91. The molecule has 1 aliphatic carbocycles. The first-order valence-electron chi connectivity index (χ1n) is 6.12. The zero-order chi connectivity index (χ0) is 15.1. The first-order chi connectivity index (χ1) is 10.0. The molecule has 0 aromatic heterocycles. The van der Waals surface area contributed by atoms with Gasteiger partial charge in [-0.3, -0.25) is 19.7 Å². The fraction of sp³-hybridized carbons (Fsp3) is 0.0667. The van der Waals surface area contributed by atoms with Crippen molar-refractivity contribution < 1.29 is 14.5 Å². The van der Waals surface area contributed by atoms with Gasteiger partial charge in [0.25, 0.3) is 5.69 Å². The van der Waals surface area contributed by atoms with Gasteiger partial charge in [-0.15, -0.1) is 0 Å². The van der Waals surface area contributed by atoms with E-state index in [-0.39, 0.29) is 17.3 Å². The number of hydrogen-bond acceptors (Lipinski definition) is 4. The van der Waals surface area contributed by atoms with E-state index < -0.39 is 10.8 Å². The Hall–Kier alpha value is -2.34. The standard InChI is InChI=1S/C15H8BrNO4/c16-12-7-8(17(20)21)5-6-11(12)13-14(18)9-3-1-2-4-10(9)15(13)19/h1-7,13H. The van der Waals surface area contributed by atoms with E-state index in [9.17, 15) is 19.7 Å². The second kappa shape index (κ2) is 4.89. The summed E-state index contributed by atoms with van der Waals surface area (Å²) in [5, 5.41) is 10.7. The lowest BCUT2D eigenvalue weighted by Crippen LogP contribution is -2.13. The molecule has 21 heavy (non-hydrogen) atoms. The Balaban J connectivity index is 2.09. The molecule has 1 aliphatic rings. The highest BCUT2D eigenvalue weighted by molar-refractivity contribution is 9.10. The number of hydrogen-bond donors (Lipinski definition) is 0. The van der Waals surface area contributed by atoms with Crippen molar-refractivity contribution in [3.05, 3.63) is 73.7 Å². The Bertz CT molecular complexity index is 765. The van der Waals surface area contributed by atoms with Crippen molar-refractivity contribution in [3.63, 3.8) is 0 Å². The minimum Gasteiger partial charge on any atom is -0.293 e. The van der Waals surface area contributed by atoms with E-state index in [0.717, 1.165) is 0 Å². The SMILES string of the molecule is O=C1c2ccccc2C(=O)C1c1ccc([N+](=O)[O-])cc1Br. The van der Waals surface area contributed by atoms with Crippen LogP contribution in [0.5, 0.6) is 0 Å². The molecule has 2 aromatic rings. The summed E-state index contributed by atoms with van der Waals surface area (Å²) in [6.45, 7) is 0. The quantitative estimate of drug-likeness (QED) is 0.474. The van der Waals surface area contributed by atoms with Crippen molar-refractivity contribution in [2.45, 2.75) is 5.92 Å². The van der Waals surface area contributed by atoms with Crippen molar-refractivity contribution in [1.29, 1.82) is 0 Å². The van der Waals surface area contributed by atoms with E-state index in [0.29, 0.717) is 21.2 Å². The van der Waals surface area contributed by atoms with Crippen LogP contribution in [0.15, 0.2) is 46.9 Å². The Morgan fingerprint density at radius 3 is 2.05 bits per heavy atom. The second-order valence-corrected chi connectivity index (χ2v) is 5.52. The Morgan fingerprint density at radius 1 is 1.00 bits per heavy atom. The van der Waals surface area contributed by atoms with Crippen molar-refractivity contribution >= 4 is 33.2 Å². The molecule has 0 fully saturated rings. The summed E-state index contributed by atoms with van der Waals surface area (Å²) in [4.78, 5) is 35.0. The van der Waals surface area contributed by atoms with Crippen LogP contribution < -0.4 is 0 Å². The number of carbonyl (C=O) groups excluding carboxylic acids is 2. The zero-order valence-corrected chi connectivity index (χ0v) is 12.2. The molecule has 0 radical (unpaired) electrons. The number of nitro groups is 1. The van der Waals surface area contributed by atoms with Crippen molar-refractivity contribution in [2.24, 2.45) is 0 Å². The number of halogens is 1. The molecule has 0 amide bonds. The molecule has 2 aromatic carbocycles. The van der Waals surface area contributed by atoms with Crippen LogP contribution in [-0.2, 0) is 0 Å². The molecule has 5 nitrogen and oxygen atoms in total. The predicted molar refractivity (Wildman–Crippen MR) is 78.6 cm³/mol. The van der Waals surface area contributed by atoms with Gasteiger partial charge in [0.1, 0.15) is 5.92 Å². The summed E-state index contributed by atoms with van der Waals surface area (Å²) in [7, 11) is 0. The smallest absolute Gasteiger partial charge is 0.270 e. The highest BCUT2D eigenvalue weighted by atomic mass is 79.9. The van der Waals surface area contributed by atoms with Gasteiger partial charge in [-0.2, -0.15) is 0 Å². The van der Waals surface area contributed by atoms with Crippen LogP contribution in [0.25, 0.3) is 0 Å². The fourth-order valence-electron chi connectivity index (χ4n) is 2.49. The fourth-order valence-corrected chi connectivity index (χ4v) is 3.08. The van der Waals surface area contributed by atoms with Crippen LogP contribution in [0.3, 0.4) is 0 Å².